The average Bonchev–Trinajstić information content (AvgIpc) is 3.36. The summed E-state index contributed by atoms with van der Waals surface area (Å²) in [6.45, 7) is 1.94. The number of rotatable bonds is 5. The highest BCUT2D eigenvalue weighted by molar-refractivity contribution is 5.79. The van der Waals surface area contributed by atoms with E-state index in [1.807, 2.05) is 0 Å². The summed E-state index contributed by atoms with van der Waals surface area (Å²) in [7, 11) is 0. The third-order valence-electron chi connectivity index (χ3n) is 6.15. The standard InChI is InChI=1S/C21H27N3O/c22-13-17-6-3-11-24(17)21(25)14-23-10-9-20-18-7-1-4-15(18)12-16-5-2-8-19(16)20/h12,17,23H,1-11,14H2/t17-/m0/s1. The van der Waals surface area contributed by atoms with E-state index in [9.17, 15) is 4.79 Å². The SMILES string of the molecule is N#C[C@@H]1CCCN1C(=O)CNCCc1c2c(cc3c1CCC3)CCC2. The maximum absolute atomic E-state index is 12.3. The van der Waals surface area contributed by atoms with Gasteiger partial charge in [-0.15, -0.1) is 0 Å². The zero-order chi connectivity index (χ0) is 17.2. The lowest BCUT2D eigenvalue weighted by Gasteiger charge is -2.20. The van der Waals surface area contributed by atoms with Gasteiger partial charge in [-0.25, -0.2) is 0 Å². The van der Waals surface area contributed by atoms with E-state index >= 15 is 0 Å². The topological polar surface area (TPSA) is 56.1 Å². The van der Waals surface area contributed by atoms with Gasteiger partial charge in [-0.1, -0.05) is 6.07 Å². The van der Waals surface area contributed by atoms with Gasteiger partial charge in [0, 0.05) is 6.54 Å². The molecule has 1 fully saturated rings. The second kappa shape index (κ2) is 7.17. The average molecular weight is 337 g/mol. The molecule has 1 N–H and O–H groups in total. The maximum atomic E-state index is 12.3. The van der Waals surface area contributed by atoms with Crippen molar-refractivity contribution in [2.75, 3.05) is 19.6 Å². The summed E-state index contributed by atoms with van der Waals surface area (Å²) in [5.74, 6) is 0.0765. The van der Waals surface area contributed by atoms with Crippen LogP contribution in [-0.4, -0.2) is 36.5 Å². The summed E-state index contributed by atoms with van der Waals surface area (Å²) in [6, 6.07) is 4.50. The molecule has 25 heavy (non-hydrogen) atoms. The number of hydrogen-bond acceptors (Lipinski definition) is 3. The van der Waals surface area contributed by atoms with Crippen LogP contribution in [0.4, 0.5) is 0 Å². The lowest BCUT2D eigenvalue weighted by molar-refractivity contribution is -0.130. The highest BCUT2D eigenvalue weighted by Crippen LogP contribution is 2.35. The van der Waals surface area contributed by atoms with Gasteiger partial charge in [0.05, 0.1) is 12.6 Å². The lowest BCUT2D eigenvalue weighted by atomic mass is 9.92. The van der Waals surface area contributed by atoms with Crippen molar-refractivity contribution in [3.05, 3.63) is 33.9 Å². The third kappa shape index (κ3) is 3.18. The van der Waals surface area contributed by atoms with Gasteiger partial charge < -0.3 is 10.2 Å². The van der Waals surface area contributed by atoms with E-state index in [1.54, 1.807) is 32.7 Å². The molecule has 1 amide bonds. The fraction of sp³-hybridized carbons (Fsp3) is 0.619. The minimum absolute atomic E-state index is 0.0765. The molecule has 1 aliphatic heterocycles. The number of carbonyl (C=O) groups is 1. The number of likely N-dealkylation sites (tertiary alicyclic amines) is 1. The largest absolute Gasteiger partial charge is 0.326 e. The molecular weight excluding hydrogens is 310 g/mol. The van der Waals surface area contributed by atoms with Crippen molar-refractivity contribution in [1.29, 1.82) is 5.26 Å². The van der Waals surface area contributed by atoms with E-state index in [0.29, 0.717) is 6.54 Å². The Labute approximate surface area is 150 Å². The fourth-order valence-corrected chi connectivity index (χ4v) is 4.95. The Kier molecular flexibility index (Phi) is 4.76. The lowest BCUT2D eigenvalue weighted by Crippen LogP contribution is -2.41. The van der Waals surface area contributed by atoms with Gasteiger partial charge in [-0.05, 0) is 92.1 Å². The van der Waals surface area contributed by atoms with Crippen LogP contribution < -0.4 is 5.32 Å². The van der Waals surface area contributed by atoms with Crippen molar-refractivity contribution < 1.29 is 4.79 Å². The number of amides is 1. The molecule has 0 saturated carbocycles. The number of aryl methyl sites for hydroxylation is 2. The number of nitrogens with zero attached hydrogens (tertiary/aromatic N) is 2. The Bertz CT molecular complexity index is 687. The van der Waals surface area contributed by atoms with Crippen LogP contribution in [0.5, 0.6) is 0 Å². The van der Waals surface area contributed by atoms with Gasteiger partial charge >= 0.3 is 0 Å². The molecule has 132 valence electrons. The second-order valence-corrected chi connectivity index (χ2v) is 7.64. The summed E-state index contributed by atoms with van der Waals surface area (Å²) < 4.78 is 0. The van der Waals surface area contributed by atoms with E-state index in [2.05, 4.69) is 17.5 Å². The summed E-state index contributed by atoms with van der Waals surface area (Å²) in [4.78, 5) is 14.1. The number of benzene rings is 1. The highest BCUT2D eigenvalue weighted by atomic mass is 16.2. The van der Waals surface area contributed by atoms with Crippen molar-refractivity contribution in [3.63, 3.8) is 0 Å². The highest BCUT2D eigenvalue weighted by Gasteiger charge is 2.28. The van der Waals surface area contributed by atoms with E-state index in [4.69, 9.17) is 5.26 Å². The van der Waals surface area contributed by atoms with Crippen LogP contribution >= 0.6 is 0 Å². The normalized spacial score (nSPS) is 21.2. The summed E-state index contributed by atoms with van der Waals surface area (Å²) >= 11 is 0. The molecule has 0 aromatic heterocycles. The molecule has 1 heterocycles. The van der Waals surface area contributed by atoms with Crippen LogP contribution in [0.2, 0.25) is 0 Å². The molecule has 3 aliphatic rings. The molecule has 1 atom stereocenters. The first-order valence-corrected chi connectivity index (χ1v) is 9.83. The Hall–Kier alpha value is -1.86. The molecule has 4 heteroatoms. The van der Waals surface area contributed by atoms with Crippen molar-refractivity contribution in [1.82, 2.24) is 10.2 Å². The molecular formula is C21H27N3O. The molecule has 4 nitrogen and oxygen atoms in total. The summed E-state index contributed by atoms with van der Waals surface area (Å²) in [6.07, 6.45) is 10.3. The fourth-order valence-electron chi connectivity index (χ4n) is 4.95. The molecule has 0 bridgehead atoms. The Balaban J connectivity index is 1.35. The first-order valence-electron chi connectivity index (χ1n) is 9.83. The van der Waals surface area contributed by atoms with Gasteiger partial charge in [0.15, 0.2) is 0 Å². The van der Waals surface area contributed by atoms with Crippen molar-refractivity contribution >= 4 is 5.91 Å². The number of hydrogen-bond donors (Lipinski definition) is 1. The second-order valence-electron chi connectivity index (χ2n) is 7.64. The van der Waals surface area contributed by atoms with Crippen molar-refractivity contribution in [3.8, 4) is 6.07 Å². The molecule has 0 radical (unpaired) electrons. The third-order valence-corrected chi connectivity index (χ3v) is 6.15. The van der Waals surface area contributed by atoms with E-state index in [1.165, 1.54) is 38.5 Å². The monoisotopic (exact) mass is 337 g/mol. The molecule has 1 saturated heterocycles. The van der Waals surface area contributed by atoms with Gasteiger partial charge in [0.2, 0.25) is 5.91 Å². The minimum atomic E-state index is -0.213. The minimum Gasteiger partial charge on any atom is -0.326 e. The van der Waals surface area contributed by atoms with Crippen molar-refractivity contribution in [2.24, 2.45) is 0 Å². The molecule has 2 aliphatic carbocycles. The molecule has 1 aromatic carbocycles. The Morgan fingerprint density at radius 3 is 2.56 bits per heavy atom. The van der Waals surface area contributed by atoms with Gasteiger partial charge in [0.25, 0.3) is 0 Å². The summed E-state index contributed by atoms with van der Waals surface area (Å²) in [5, 5.41) is 12.5. The predicted octanol–water partition coefficient (Wildman–Crippen LogP) is 2.31. The summed E-state index contributed by atoms with van der Waals surface area (Å²) in [5.41, 5.74) is 7.97. The quantitative estimate of drug-likeness (QED) is 0.839. The zero-order valence-electron chi connectivity index (χ0n) is 14.9. The van der Waals surface area contributed by atoms with Crippen LogP contribution in [-0.2, 0) is 36.9 Å². The van der Waals surface area contributed by atoms with Crippen LogP contribution in [0, 0.1) is 11.3 Å². The predicted molar refractivity (Wildman–Crippen MR) is 97.4 cm³/mol. The van der Waals surface area contributed by atoms with Crippen LogP contribution in [0.1, 0.15) is 53.5 Å². The first kappa shape index (κ1) is 16.6. The van der Waals surface area contributed by atoms with Crippen LogP contribution in [0.25, 0.3) is 0 Å². The van der Waals surface area contributed by atoms with Crippen LogP contribution in [0.3, 0.4) is 0 Å². The number of carbonyl (C=O) groups excluding carboxylic acids is 1. The molecule has 4 rings (SSSR count). The van der Waals surface area contributed by atoms with Gasteiger partial charge in [-0.2, -0.15) is 5.26 Å². The Morgan fingerprint density at radius 2 is 1.88 bits per heavy atom. The number of nitriles is 1. The molecule has 1 aromatic rings. The van der Waals surface area contributed by atoms with Crippen LogP contribution in [0.15, 0.2) is 6.07 Å². The smallest absolute Gasteiger partial charge is 0.237 e. The maximum Gasteiger partial charge on any atom is 0.237 e. The van der Waals surface area contributed by atoms with E-state index in [0.717, 1.165) is 32.4 Å². The molecule has 0 unspecified atom stereocenters. The van der Waals surface area contributed by atoms with E-state index in [-0.39, 0.29) is 11.9 Å². The van der Waals surface area contributed by atoms with Gasteiger partial charge in [0.1, 0.15) is 6.04 Å². The first-order chi connectivity index (χ1) is 12.3. The number of fused-ring (bicyclic) bond motifs is 2. The van der Waals surface area contributed by atoms with Gasteiger partial charge in [-0.3, -0.25) is 4.79 Å². The molecule has 0 spiro atoms. The van der Waals surface area contributed by atoms with Crippen molar-refractivity contribution in [2.45, 2.75) is 63.8 Å². The van der Waals surface area contributed by atoms with E-state index < -0.39 is 0 Å². The Morgan fingerprint density at radius 1 is 1.16 bits per heavy atom. The number of nitrogens with one attached hydrogen (secondary N) is 1. The zero-order valence-corrected chi connectivity index (χ0v) is 14.9.